The molecule has 0 saturated heterocycles. The summed E-state index contributed by atoms with van der Waals surface area (Å²) in [6.45, 7) is 0.800. The highest BCUT2D eigenvalue weighted by molar-refractivity contribution is 9.10. The van der Waals surface area contributed by atoms with Gasteiger partial charge in [-0.1, -0.05) is 28.1 Å². The standard InChI is InChI=1S/C17H16BrNO2/c18-14-6-7-16(17(20)9-14)19-10-13-2-1-3-15(8-13)21-11-12-4-5-12/h1-3,6-10,12,20H,4-5,11H2. The maximum atomic E-state index is 9.81. The van der Waals surface area contributed by atoms with Gasteiger partial charge in [-0.05, 0) is 54.7 Å². The van der Waals surface area contributed by atoms with Crippen LogP contribution < -0.4 is 4.74 Å². The van der Waals surface area contributed by atoms with E-state index in [2.05, 4.69) is 20.9 Å². The molecule has 1 N–H and O–H groups in total. The number of ether oxygens (including phenoxy) is 1. The van der Waals surface area contributed by atoms with E-state index in [-0.39, 0.29) is 5.75 Å². The summed E-state index contributed by atoms with van der Waals surface area (Å²) in [5.74, 6) is 1.76. The number of hydrogen-bond acceptors (Lipinski definition) is 3. The third-order valence-electron chi connectivity index (χ3n) is 3.33. The second-order valence-corrected chi connectivity index (χ2v) is 6.13. The zero-order valence-electron chi connectivity index (χ0n) is 11.5. The quantitative estimate of drug-likeness (QED) is 0.798. The SMILES string of the molecule is Oc1cc(Br)ccc1N=Cc1cccc(OCC2CC2)c1. The number of halogens is 1. The molecule has 0 heterocycles. The number of phenols is 1. The van der Waals surface area contributed by atoms with E-state index in [0.29, 0.717) is 5.69 Å². The average Bonchev–Trinajstić information content (AvgIpc) is 3.29. The van der Waals surface area contributed by atoms with E-state index in [1.165, 1.54) is 12.8 Å². The first-order valence-corrected chi connectivity index (χ1v) is 7.75. The minimum Gasteiger partial charge on any atom is -0.506 e. The van der Waals surface area contributed by atoms with Crippen molar-refractivity contribution in [1.82, 2.24) is 0 Å². The average molecular weight is 346 g/mol. The first kappa shape index (κ1) is 14.1. The highest BCUT2D eigenvalue weighted by Crippen LogP contribution is 2.30. The van der Waals surface area contributed by atoms with Gasteiger partial charge in [-0.3, -0.25) is 4.99 Å². The van der Waals surface area contributed by atoms with Gasteiger partial charge in [0.2, 0.25) is 0 Å². The van der Waals surface area contributed by atoms with Crippen LogP contribution in [-0.2, 0) is 0 Å². The molecule has 0 bridgehead atoms. The Bertz CT molecular complexity index is 666. The molecule has 0 unspecified atom stereocenters. The molecular weight excluding hydrogens is 330 g/mol. The summed E-state index contributed by atoms with van der Waals surface area (Å²) < 4.78 is 6.57. The lowest BCUT2D eigenvalue weighted by atomic mass is 10.2. The van der Waals surface area contributed by atoms with Crippen LogP contribution in [0.4, 0.5) is 5.69 Å². The Kier molecular flexibility index (Phi) is 4.25. The van der Waals surface area contributed by atoms with Gasteiger partial charge in [0.15, 0.2) is 0 Å². The lowest BCUT2D eigenvalue weighted by molar-refractivity contribution is 0.300. The fourth-order valence-electron chi connectivity index (χ4n) is 1.93. The fourth-order valence-corrected chi connectivity index (χ4v) is 2.28. The van der Waals surface area contributed by atoms with Crippen LogP contribution in [0, 0.1) is 5.92 Å². The maximum Gasteiger partial charge on any atom is 0.142 e. The molecule has 0 aromatic heterocycles. The van der Waals surface area contributed by atoms with Crippen molar-refractivity contribution in [2.75, 3.05) is 6.61 Å². The first-order valence-electron chi connectivity index (χ1n) is 6.96. The number of phenolic OH excluding ortho intramolecular Hbond substituents is 1. The molecule has 0 atom stereocenters. The molecule has 1 saturated carbocycles. The van der Waals surface area contributed by atoms with Gasteiger partial charge in [-0.15, -0.1) is 0 Å². The van der Waals surface area contributed by atoms with Crippen molar-refractivity contribution in [3.05, 3.63) is 52.5 Å². The van der Waals surface area contributed by atoms with Crippen LogP contribution in [0.2, 0.25) is 0 Å². The molecule has 3 nitrogen and oxygen atoms in total. The number of hydrogen-bond donors (Lipinski definition) is 1. The Morgan fingerprint density at radius 3 is 2.86 bits per heavy atom. The fraction of sp³-hybridized carbons (Fsp3) is 0.235. The molecule has 0 amide bonds. The number of nitrogens with zero attached hydrogens (tertiary/aromatic N) is 1. The molecule has 108 valence electrons. The monoisotopic (exact) mass is 345 g/mol. The first-order chi connectivity index (χ1) is 10.2. The molecule has 0 spiro atoms. The third kappa shape index (κ3) is 4.08. The predicted octanol–water partition coefficient (Wildman–Crippen LogP) is 4.69. The van der Waals surface area contributed by atoms with Gasteiger partial charge in [0.1, 0.15) is 17.2 Å². The van der Waals surface area contributed by atoms with Crippen molar-refractivity contribution < 1.29 is 9.84 Å². The van der Waals surface area contributed by atoms with Gasteiger partial charge < -0.3 is 9.84 Å². The number of rotatable bonds is 5. The third-order valence-corrected chi connectivity index (χ3v) is 3.82. The molecule has 1 aliphatic carbocycles. The summed E-state index contributed by atoms with van der Waals surface area (Å²) in [6.07, 6.45) is 4.29. The highest BCUT2D eigenvalue weighted by atomic mass is 79.9. The molecule has 3 rings (SSSR count). The molecule has 0 aliphatic heterocycles. The number of aliphatic imine (C=N–C) groups is 1. The van der Waals surface area contributed by atoms with Crippen molar-refractivity contribution in [1.29, 1.82) is 0 Å². The van der Waals surface area contributed by atoms with Crippen molar-refractivity contribution >= 4 is 27.8 Å². The molecule has 0 radical (unpaired) electrons. The van der Waals surface area contributed by atoms with Crippen molar-refractivity contribution in [3.63, 3.8) is 0 Å². The van der Waals surface area contributed by atoms with Crippen LogP contribution in [0.1, 0.15) is 18.4 Å². The second-order valence-electron chi connectivity index (χ2n) is 5.22. The second kappa shape index (κ2) is 6.31. The van der Waals surface area contributed by atoms with Crippen molar-refractivity contribution in [3.8, 4) is 11.5 Å². The van der Waals surface area contributed by atoms with Crippen LogP contribution in [0.5, 0.6) is 11.5 Å². The predicted molar refractivity (Wildman–Crippen MR) is 87.7 cm³/mol. The van der Waals surface area contributed by atoms with Gasteiger partial charge in [0, 0.05) is 10.7 Å². The topological polar surface area (TPSA) is 41.8 Å². The van der Waals surface area contributed by atoms with Crippen LogP contribution in [0.3, 0.4) is 0 Å². The number of aromatic hydroxyl groups is 1. The Labute approximate surface area is 132 Å². The van der Waals surface area contributed by atoms with E-state index in [1.807, 2.05) is 30.3 Å². The van der Waals surface area contributed by atoms with Gasteiger partial charge in [-0.2, -0.15) is 0 Å². The zero-order chi connectivity index (χ0) is 14.7. The Morgan fingerprint density at radius 2 is 2.10 bits per heavy atom. The molecule has 2 aromatic rings. The van der Waals surface area contributed by atoms with E-state index in [4.69, 9.17) is 4.74 Å². The van der Waals surface area contributed by atoms with E-state index >= 15 is 0 Å². The Hall–Kier alpha value is -1.81. The molecule has 2 aromatic carbocycles. The van der Waals surface area contributed by atoms with Crippen LogP contribution in [0.25, 0.3) is 0 Å². The molecule has 21 heavy (non-hydrogen) atoms. The highest BCUT2D eigenvalue weighted by Gasteiger charge is 2.21. The smallest absolute Gasteiger partial charge is 0.142 e. The lowest BCUT2D eigenvalue weighted by Gasteiger charge is -2.05. The molecular formula is C17H16BrNO2. The van der Waals surface area contributed by atoms with E-state index in [0.717, 1.165) is 28.3 Å². The minimum absolute atomic E-state index is 0.154. The summed E-state index contributed by atoms with van der Waals surface area (Å²) in [4.78, 5) is 4.31. The van der Waals surface area contributed by atoms with Crippen LogP contribution in [-0.4, -0.2) is 17.9 Å². The maximum absolute atomic E-state index is 9.81. The summed E-state index contributed by atoms with van der Waals surface area (Å²) in [5, 5.41) is 9.81. The van der Waals surface area contributed by atoms with E-state index in [1.54, 1.807) is 18.3 Å². The van der Waals surface area contributed by atoms with Gasteiger partial charge >= 0.3 is 0 Å². The van der Waals surface area contributed by atoms with Gasteiger partial charge in [-0.25, -0.2) is 0 Å². The lowest BCUT2D eigenvalue weighted by Crippen LogP contribution is -1.99. The van der Waals surface area contributed by atoms with Crippen molar-refractivity contribution in [2.24, 2.45) is 10.9 Å². The Morgan fingerprint density at radius 1 is 1.24 bits per heavy atom. The molecule has 1 aliphatic rings. The van der Waals surface area contributed by atoms with E-state index in [9.17, 15) is 5.11 Å². The van der Waals surface area contributed by atoms with E-state index < -0.39 is 0 Å². The Balaban J connectivity index is 1.70. The van der Waals surface area contributed by atoms with Crippen molar-refractivity contribution in [2.45, 2.75) is 12.8 Å². The summed E-state index contributed by atoms with van der Waals surface area (Å²) in [7, 11) is 0. The summed E-state index contributed by atoms with van der Waals surface area (Å²) >= 11 is 3.31. The summed E-state index contributed by atoms with van der Waals surface area (Å²) in [5.41, 5.74) is 1.49. The van der Waals surface area contributed by atoms with Crippen LogP contribution in [0.15, 0.2) is 51.9 Å². The molecule has 4 heteroatoms. The molecule has 1 fully saturated rings. The largest absolute Gasteiger partial charge is 0.506 e. The minimum atomic E-state index is 0.154. The normalized spacial score (nSPS) is 14.5. The number of benzene rings is 2. The summed E-state index contributed by atoms with van der Waals surface area (Å²) in [6, 6.07) is 13.1. The zero-order valence-corrected chi connectivity index (χ0v) is 13.1. The van der Waals surface area contributed by atoms with Crippen LogP contribution >= 0.6 is 15.9 Å². The van der Waals surface area contributed by atoms with Gasteiger partial charge in [0.25, 0.3) is 0 Å². The van der Waals surface area contributed by atoms with Gasteiger partial charge in [0.05, 0.1) is 6.61 Å².